The van der Waals surface area contributed by atoms with Crippen LogP contribution in [-0.2, 0) is 14.9 Å². The minimum atomic E-state index is -0.458. The van der Waals surface area contributed by atoms with Crippen LogP contribution in [0.4, 0.5) is 0 Å². The molecule has 0 bridgehead atoms. The number of ketones is 1. The molecule has 3 nitrogen and oxygen atoms in total. The van der Waals surface area contributed by atoms with Gasteiger partial charge in [0, 0.05) is 12.4 Å². The average molecular weight is 245 g/mol. The fourth-order valence-electron chi connectivity index (χ4n) is 2.78. The molecule has 1 heterocycles. The van der Waals surface area contributed by atoms with Gasteiger partial charge in [-0.3, -0.25) is 9.78 Å². The summed E-state index contributed by atoms with van der Waals surface area (Å²) in [7, 11) is 0. The van der Waals surface area contributed by atoms with E-state index in [1.807, 2.05) is 19.1 Å². The summed E-state index contributed by atoms with van der Waals surface area (Å²) in [4.78, 5) is 16.7. The van der Waals surface area contributed by atoms with E-state index in [9.17, 15) is 4.79 Å². The molecule has 0 unspecified atom stereocenters. The number of carbonyl (C=O) groups excluding carboxylic acids is 1. The highest BCUT2D eigenvalue weighted by molar-refractivity contribution is 6.01. The summed E-state index contributed by atoms with van der Waals surface area (Å²) >= 11 is 0. The van der Waals surface area contributed by atoms with Gasteiger partial charge in [-0.1, -0.05) is 25.5 Å². The highest BCUT2D eigenvalue weighted by Crippen LogP contribution is 2.43. The maximum atomic E-state index is 12.6. The lowest BCUT2D eigenvalue weighted by molar-refractivity contribution is -0.124. The lowest BCUT2D eigenvalue weighted by Crippen LogP contribution is -2.34. The number of Topliss-reactive ketones (excluding diaryl/α,β-unsaturated/α-hetero) is 1. The Morgan fingerprint density at radius 2 is 2.22 bits per heavy atom. The zero-order chi connectivity index (χ0) is 13.0. The number of carbonyl (C=O) groups is 1. The van der Waals surface area contributed by atoms with Crippen molar-refractivity contribution >= 4 is 5.78 Å². The van der Waals surface area contributed by atoms with Crippen molar-refractivity contribution in [3.05, 3.63) is 42.4 Å². The minimum absolute atomic E-state index is 0.0230. The number of hydrogen-bond acceptors (Lipinski definition) is 3. The Morgan fingerprint density at radius 1 is 1.50 bits per heavy atom. The van der Waals surface area contributed by atoms with E-state index in [1.54, 1.807) is 12.4 Å². The molecule has 0 radical (unpaired) electrons. The molecule has 3 heteroatoms. The first-order chi connectivity index (χ1) is 8.70. The van der Waals surface area contributed by atoms with Gasteiger partial charge in [0.2, 0.25) is 5.78 Å². The molecule has 0 aromatic carbocycles. The van der Waals surface area contributed by atoms with Crippen molar-refractivity contribution in [2.45, 2.75) is 38.0 Å². The van der Waals surface area contributed by atoms with Gasteiger partial charge in [0.05, 0.1) is 12.0 Å². The molecule has 1 fully saturated rings. The van der Waals surface area contributed by atoms with E-state index in [0.717, 1.165) is 31.2 Å². The molecule has 2 rings (SSSR count). The molecule has 1 aromatic heterocycles. The van der Waals surface area contributed by atoms with E-state index < -0.39 is 5.41 Å². The van der Waals surface area contributed by atoms with Crippen LogP contribution in [-0.4, -0.2) is 17.4 Å². The van der Waals surface area contributed by atoms with Crippen molar-refractivity contribution in [2.75, 3.05) is 6.61 Å². The second kappa shape index (κ2) is 5.34. The van der Waals surface area contributed by atoms with Crippen LogP contribution < -0.4 is 0 Å². The van der Waals surface area contributed by atoms with E-state index in [1.165, 1.54) is 0 Å². The SMILES string of the molecule is C=C(OCC)C(=O)C1(c2cccnc2)CCCC1. The van der Waals surface area contributed by atoms with Gasteiger partial charge in [-0.05, 0) is 31.4 Å². The van der Waals surface area contributed by atoms with E-state index in [2.05, 4.69) is 11.6 Å². The molecule has 0 N–H and O–H groups in total. The molecule has 1 saturated carbocycles. The number of hydrogen-bond donors (Lipinski definition) is 0. The van der Waals surface area contributed by atoms with Gasteiger partial charge < -0.3 is 4.74 Å². The number of rotatable bonds is 5. The highest BCUT2D eigenvalue weighted by Gasteiger charge is 2.44. The zero-order valence-corrected chi connectivity index (χ0v) is 10.8. The molecule has 1 aromatic rings. The predicted octanol–water partition coefficient (Wildman–Crippen LogP) is 3.01. The summed E-state index contributed by atoms with van der Waals surface area (Å²) in [5.74, 6) is 0.304. The van der Waals surface area contributed by atoms with E-state index in [0.29, 0.717) is 6.61 Å². The molecule has 0 aliphatic heterocycles. The number of aromatic nitrogens is 1. The first-order valence-corrected chi connectivity index (χ1v) is 6.48. The molecule has 0 saturated heterocycles. The molecular weight excluding hydrogens is 226 g/mol. The zero-order valence-electron chi connectivity index (χ0n) is 10.8. The molecule has 0 spiro atoms. The summed E-state index contributed by atoms with van der Waals surface area (Å²) < 4.78 is 5.30. The van der Waals surface area contributed by atoms with Crippen LogP contribution in [0.3, 0.4) is 0 Å². The largest absolute Gasteiger partial charge is 0.491 e. The lowest BCUT2D eigenvalue weighted by atomic mass is 9.75. The number of allylic oxidation sites excluding steroid dienone is 1. The second-order valence-electron chi connectivity index (χ2n) is 4.72. The Bertz CT molecular complexity index is 433. The first kappa shape index (κ1) is 12.8. The van der Waals surface area contributed by atoms with Crippen molar-refractivity contribution in [3.8, 4) is 0 Å². The molecule has 0 amide bonds. The second-order valence-corrected chi connectivity index (χ2v) is 4.72. The number of nitrogens with zero attached hydrogens (tertiary/aromatic N) is 1. The highest BCUT2D eigenvalue weighted by atomic mass is 16.5. The molecular formula is C15H19NO2. The molecule has 96 valence electrons. The van der Waals surface area contributed by atoms with Crippen LogP contribution in [0.5, 0.6) is 0 Å². The molecule has 0 atom stereocenters. The van der Waals surface area contributed by atoms with Gasteiger partial charge >= 0.3 is 0 Å². The van der Waals surface area contributed by atoms with Crippen molar-refractivity contribution in [3.63, 3.8) is 0 Å². The van der Waals surface area contributed by atoms with Crippen molar-refractivity contribution in [2.24, 2.45) is 0 Å². The van der Waals surface area contributed by atoms with Crippen molar-refractivity contribution < 1.29 is 9.53 Å². The maximum absolute atomic E-state index is 12.6. The standard InChI is InChI=1S/C15H19NO2/c1-3-18-12(2)14(17)15(8-4-5-9-15)13-7-6-10-16-11-13/h6-7,10-11H,2-5,8-9H2,1H3. The van der Waals surface area contributed by atoms with Gasteiger partial charge in [0.15, 0.2) is 5.76 Å². The van der Waals surface area contributed by atoms with Crippen LogP contribution in [0.15, 0.2) is 36.9 Å². The average Bonchev–Trinajstić information content (AvgIpc) is 2.90. The fraction of sp³-hybridized carbons (Fsp3) is 0.467. The Kier molecular flexibility index (Phi) is 3.80. The number of pyridine rings is 1. The van der Waals surface area contributed by atoms with Crippen molar-refractivity contribution in [1.82, 2.24) is 4.98 Å². The maximum Gasteiger partial charge on any atom is 0.207 e. The molecule has 1 aliphatic rings. The van der Waals surface area contributed by atoms with Crippen molar-refractivity contribution in [1.29, 1.82) is 0 Å². The third-order valence-electron chi connectivity index (χ3n) is 3.68. The van der Waals surface area contributed by atoms with E-state index >= 15 is 0 Å². The molecule has 18 heavy (non-hydrogen) atoms. The Morgan fingerprint density at radius 3 is 2.78 bits per heavy atom. The third kappa shape index (κ3) is 2.17. The van der Waals surface area contributed by atoms with Crippen LogP contribution in [0, 0.1) is 0 Å². The summed E-state index contributed by atoms with van der Waals surface area (Å²) in [5, 5.41) is 0. The minimum Gasteiger partial charge on any atom is -0.491 e. The normalized spacial score (nSPS) is 17.4. The summed E-state index contributed by atoms with van der Waals surface area (Å²) in [5.41, 5.74) is 0.536. The van der Waals surface area contributed by atoms with Crippen LogP contribution in [0.25, 0.3) is 0 Å². The topological polar surface area (TPSA) is 39.2 Å². The van der Waals surface area contributed by atoms with Gasteiger partial charge in [-0.25, -0.2) is 0 Å². The van der Waals surface area contributed by atoms with Crippen LogP contribution in [0.1, 0.15) is 38.2 Å². The van der Waals surface area contributed by atoms with Gasteiger partial charge in [-0.15, -0.1) is 0 Å². The number of ether oxygens (including phenoxy) is 1. The van der Waals surface area contributed by atoms with Crippen LogP contribution >= 0.6 is 0 Å². The summed E-state index contributed by atoms with van der Waals surface area (Å²) in [6.07, 6.45) is 7.39. The Labute approximate surface area is 108 Å². The summed E-state index contributed by atoms with van der Waals surface area (Å²) in [6.45, 7) is 6.11. The van der Waals surface area contributed by atoms with Gasteiger partial charge in [-0.2, -0.15) is 0 Å². The van der Waals surface area contributed by atoms with Gasteiger partial charge in [0.25, 0.3) is 0 Å². The Balaban J connectivity index is 2.33. The molecule has 1 aliphatic carbocycles. The van der Waals surface area contributed by atoms with Crippen LogP contribution in [0.2, 0.25) is 0 Å². The lowest BCUT2D eigenvalue weighted by Gasteiger charge is -2.28. The predicted molar refractivity (Wildman–Crippen MR) is 70.2 cm³/mol. The summed E-state index contributed by atoms with van der Waals surface area (Å²) in [6, 6.07) is 3.86. The van der Waals surface area contributed by atoms with Gasteiger partial charge in [0.1, 0.15) is 0 Å². The smallest absolute Gasteiger partial charge is 0.207 e. The fourth-order valence-corrected chi connectivity index (χ4v) is 2.78. The quantitative estimate of drug-likeness (QED) is 0.591. The monoisotopic (exact) mass is 245 g/mol. The van der Waals surface area contributed by atoms with E-state index in [-0.39, 0.29) is 11.5 Å². The third-order valence-corrected chi connectivity index (χ3v) is 3.68. The first-order valence-electron chi connectivity index (χ1n) is 6.48. The van der Waals surface area contributed by atoms with E-state index in [4.69, 9.17) is 4.74 Å². The Hall–Kier alpha value is -1.64.